The lowest BCUT2D eigenvalue weighted by atomic mass is 9.57. The quantitative estimate of drug-likeness (QED) is 0.579. The van der Waals surface area contributed by atoms with Gasteiger partial charge < -0.3 is 25.4 Å². The van der Waals surface area contributed by atoms with Crippen molar-refractivity contribution in [2.45, 2.75) is 38.6 Å². The van der Waals surface area contributed by atoms with E-state index in [1.165, 1.54) is 6.92 Å². The van der Waals surface area contributed by atoms with E-state index in [0.29, 0.717) is 18.9 Å². The highest BCUT2D eigenvalue weighted by Gasteiger charge is 2.57. The van der Waals surface area contributed by atoms with Crippen LogP contribution in [0.25, 0.3) is 0 Å². The minimum Gasteiger partial charge on any atom is -0.484 e. The summed E-state index contributed by atoms with van der Waals surface area (Å²) in [6.45, 7) is 7.95. The van der Waals surface area contributed by atoms with Crippen LogP contribution in [-0.2, 0) is 24.5 Å². The number of ether oxygens (including phenoxy) is 2. The summed E-state index contributed by atoms with van der Waals surface area (Å²) in [5.74, 6) is -1.05. The number of carbonyl (C=O) groups is 3. The summed E-state index contributed by atoms with van der Waals surface area (Å²) in [5, 5.41) is 2.70. The van der Waals surface area contributed by atoms with Gasteiger partial charge in [0.1, 0.15) is 5.75 Å². The molecule has 0 radical (unpaired) electrons. The van der Waals surface area contributed by atoms with Crippen LogP contribution in [0.5, 0.6) is 5.75 Å². The zero-order valence-corrected chi connectivity index (χ0v) is 20.4. The summed E-state index contributed by atoms with van der Waals surface area (Å²) in [6, 6.07) is 14.9. The molecule has 1 aliphatic heterocycles. The Morgan fingerprint density at radius 3 is 2.29 bits per heavy atom. The van der Waals surface area contributed by atoms with Gasteiger partial charge in [0, 0.05) is 31.7 Å². The number of benzene rings is 2. The summed E-state index contributed by atoms with van der Waals surface area (Å²) < 4.78 is 10.5. The number of carbonyl (C=O) groups excluding carboxylic acids is 3. The highest BCUT2D eigenvalue weighted by atomic mass is 16.5. The van der Waals surface area contributed by atoms with Crippen LogP contribution in [0.3, 0.4) is 0 Å². The van der Waals surface area contributed by atoms with Crippen LogP contribution in [0, 0.1) is 5.92 Å². The number of nitrogens with zero attached hydrogens (tertiary/aromatic N) is 1. The van der Waals surface area contributed by atoms with E-state index in [9.17, 15) is 14.4 Å². The van der Waals surface area contributed by atoms with Crippen LogP contribution in [-0.4, -0.2) is 50.1 Å². The van der Waals surface area contributed by atoms with Crippen LogP contribution in [0.15, 0.2) is 48.5 Å². The molecule has 0 aromatic heterocycles. The zero-order valence-electron chi connectivity index (χ0n) is 20.4. The Morgan fingerprint density at radius 2 is 1.71 bits per heavy atom. The molecule has 34 heavy (non-hydrogen) atoms. The summed E-state index contributed by atoms with van der Waals surface area (Å²) >= 11 is 0. The summed E-state index contributed by atoms with van der Waals surface area (Å²) in [5.41, 5.74) is 6.78. The highest BCUT2D eigenvalue weighted by molar-refractivity contribution is 5.98. The van der Waals surface area contributed by atoms with Crippen LogP contribution in [0.1, 0.15) is 38.8 Å². The number of nitrogens with one attached hydrogen (secondary N) is 1. The fourth-order valence-electron chi connectivity index (χ4n) is 5.33. The second kappa shape index (κ2) is 9.85. The van der Waals surface area contributed by atoms with Gasteiger partial charge in [-0.2, -0.15) is 0 Å². The Kier molecular flexibility index (Phi) is 7.31. The largest absolute Gasteiger partial charge is 0.484 e. The van der Waals surface area contributed by atoms with Gasteiger partial charge in [-0.3, -0.25) is 14.4 Å². The van der Waals surface area contributed by atoms with Crippen LogP contribution < -0.4 is 20.7 Å². The van der Waals surface area contributed by atoms with Crippen molar-refractivity contribution < 1.29 is 23.9 Å². The Labute approximate surface area is 200 Å². The van der Waals surface area contributed by atoms with Crippen molar-refractivity contribution >= 4 is 23.4 Å². The van der Waals surface area contributed by atoms with E-state index in [0.717, 1.165) is 16.8 Å². The summed E-state index contributed by atoms with van der Waals surface area (Å²) in [7, 11) is 1.57. The topological polar surface area (TPSA) is 111 Å². The molecule has 3 rings (SSSR count). The van der Waals surface area contributed by atoms with Crippen molar-refractivity contribution in [2.24, 2.45) is 11.7 Å². The first-order valence-electron chi connectivity index (χ1n) is 11.2. The average molecular weight is 468 g/mol. The molecule has 8 nitrogen and oxygen atoms in total. The first kappa shape index (κ1) is 25.2. The second-order valence-electron chi connectivity index (χ2n) is 9.22. The molecule has 0 saturated heterocycles. The zero-order chi connectivity index (χ0) is 25.1. The maximum absolute atomic E-state index is 12.9. The van der Waals surface area contributed by atoms with Crippen LogP contribution in [0.2, 0.25) is 0 Å². The fourth-order valence-corrected chi connectivity index (χ4v) is 5.33. The van der Waals surface area contributed by atoms with Crippen molar-refractivity contribution in [1.29, 1.82) is 0 Å². The molecule has 0 aliphatic carbocycles. The monoisotopic (exact) mass is 467 g/mol. The number of primary amides is 1. The SMILES string of the molecule is COCCNC(=O)COc1ccc(C2(C)c3ccccc3N(C(C)=O)C(C)(C)C2C(N)=O)cc1. The lowest BCUT2D eigenvalue weighted by molar-refractivity contribution is -0.127. The van der Waals surface area contributed by atoms with Crippen molar-refractivity contribution in [3.8, 4) is 5.75 Å². The van der Waals surface area contributed by atoms with Gasteiger partial charge in [-0.15, -0.1) is 0 Å². The molecule has 8 heteroatoms. The average Bonchev–Trinajstić information content (AvgIpc) is 2.77. The normalized spacial score (nSPS) is 20.9. The molecular weight excluding hydrogens is 434 g/mol. The number of methoxy groups -OCH3 is 1. The molecule has 2 unspecified atom stereocenters. The minimum absolute atomic E-state index is 0.117. The van der Waals surface area contributed by atoms with E-state index in [2.05, 4.69) is 5.32 Å². The predicted octanol–water partition coefficient (Wildman–Crippen LogP) is 2.38. The Hall–Kier alpha value is -3.39. The van der Waals surface area contributed by atoms with E-state index < -0.39 is 22.8 Å². The standard InChI is InChI=1S/C26H33N3O5/c1-17(30)29-21-9-7-6-8-20(21)26(4,23(24(27)32)25(29,2)3)18-10-12-19(13-11-18)34-16-22(31)28-14-15-33-5/h6-13,23H,14-16H2,1-5H3,(H2,27,32)(H,28,31). The van der Waals surface area contributed by atoms with E-state index in [1.54, 1.807) is 24.1 Å². The third-order valence-corrected chi connectivity index (χ3v) is 6.62. The molecule has 0 bridgehead atoms. The molecule has 2 aromatic rings. The maximum atomic E-state index is 12.9. The number of nitrogens with two attached hydrogens (primary N) is 1. The Bertz CT molecular complexity index is 1070. The molecule has 2 atom stereocenters. The third-order valence-electron chi connectivity index (χ3n) is 6.62. The molecule has 3 amide bonds. The fraction of sp³-hybridized carbons (Fsp3) is 0.423. The third kappa shape index (κ3) is 4.50. The van der Waals surface area contributed by atoms with E-state index in [-0.39, 0.29) is 18.4 Å². The summed E-state index contributed by atoms with van der Waals surface area (Å²) in [6.07, 6.45) is 0. The number of hydrogen-bond acceptors (Lipinski definition) is 5. The minimum atomic E-state index is -0.865. The van der Waals surface area contributed by atoms with E-state index >= 15 is 0 Å². The second-order valence-corrected chi connectivity index (χ2v) is 9.22. The first-order chi connectivity index (χ1) is 16.0. The van der Waals surface area contributed by atoms with E-state index in [4.69, 9.17) is 15.2 Å². The number of rotatable bonds is 8. The van der Waals surface area contributed by atoms with Gasteiger partial charge in [0.15, 0.2) is 6.61 Å². The van der Waals surface area contributed by atoms with Gasteiger partial charge in [0.25, 0.3) is 5.91 Å². The van der Waals surface area contributed by atoms with Gasteiger partial charge >= 0.3 is 0 Å². The molecule has 3 N–H and O–H groups in total. The van der Waals surface area contributed by atoms with Crippen LogP contribution in [0.4, 0.5) is 5.69 Å². The lowest BCUT2D eigenvalue weighted by Gasteiger charge is -2.55. The maximum Gasteiger partial charge on any atom is 0.258 e. The number of anilines is 1. The van der Waals surface area contributed by atoms with Crippen molar-refractivity contribution in [3.63, 3.8) is 0 Å². The summed E-state index contributed by atoms with van der Waals surface area (Å²) in [4.78, 5) is 39.1. The molecule has 182 valence electrons. The molecular formula is C26H33N3O5. The molecule has 0 spiro atoms. The number of amides is 3. The van der Waals surface area contributed by atoms with Gasteiger partial charge in [-0.05, 0) is 43.2 Å². The smallest absolute Gasteiger partial charge is 0.258 e. The van der Waals surface area contributed by atoms with Gasteiger partial charge in [0.05, 0.1) is 18.1 Å². The molecule has 2 aromatic carbocycles. The predicted molar refractivity (Wildman–Crippen MR) is 130 cm³/mol. The van der Waals surface area contributed by atoms with Gasteiger partial charge in [-0.25, -0.2) is 0 Å². The highest BCUT2D eigenvalue weighted by Crippen LogP contribution is 2.54. The van der Waals surface area contributed by atoms with Crippen molar-refractivity contribution in [3.05, 3.63) is 59.7 Å². The van der Waals surface area contributed by atoms with Gasteiger partial charge in [-0.1, -0.05) is 37.3 Å². The molecule has 1 heterocycles. The molecule has 0 fully saturated rings. The Balaban J connectivity index is 1.98. The molecule has 1 aliphatic rings. The van der Waals surface area contributed by atoms with Crippen LogP contribution >= 0.6 is 0 Å². The number of fused-ring (bicyclic) bond motifs is 1. The number of para-hydroxylation sites is 1. The number of hydrogen-bond donors (Lipinski definition) is 2. The Morgan fingerprint density at radius 1 is 1.06 bits per heavy atom. The lowest BCUT2D eigenvalue weighted by Crippen LogP contribution is -2.65. The van der Waals surface area contributed by atoms with Gasteiger partial charge in [0.2, 0.25) is 11.8 Å². The van der Waals surface area contributed by atoms with Crippen molar-refractivity contribution in [2.75, 3.05) is 31.8 Å². The van der Waals surface area contributed by atoms with E-state index in [1.807, 2.05) is 57.2 Å². The van der Waals surface area contributed by atoms with Crippen molar-refractivity contribution in [1.82, 2.24) is 5.32 Å². The molecule has 0 saturated carbocycles. The first-order valence-corrected chi connectivity index (χ1v) is 11.2.